The number of rotatable bonds is 11. The molecular weight excluding hydrogens is 445 g/mol. The predicted octanol–water partition coefficient (Wildman–Crippen LogP) is 4.89. The fraction of sp³-hybridized carbons (Fsp3) is 0.417. The Balaban J connectivity index is 2.40. The molecule has 0 radical (unpaired) electrons. The zero-order valence-electron chi connectivity index (χ0n) is 19.6. The molecule has 0 fully saturated rings. The Hall–Kier alpha value is -2.51. The van der Waals surface area contributed by atoms with Crippen molar-refractivity contribution >= 4 is 19.5 Å². The van der Waals surface area contributed by atoms with Gasteiger partial charge in [0.15, 0.2) is 5.78 Å². The van der Waals surface area contributed by atoms with E-state index in [9.17, 15) is 14.2 Å². The maximum absolute atomic E-state index is 13.3. The highest BCUT2D eigenvalue weighted by Gasteiger charge is 2.37. The number of alkyl carbamates (subject to hydrolysis) is 1. The molecule has 0 spiro atoms. The number of Topliss-reactive ketones (excluding diaryl/α,β-unsaturated/α-hetero) is 1. The lowest BCUT2D eigenvalue weighted by Gasteiger charge is -2.29. The molecule has 180 valence electrons. The van der Waals surface area contributed by atoms with E-state index in [2.05, 4.69) is 5.32 Å². The van der Waals surface area contributed by atoms with Gasteiger partial charge in [-0.2, -0.15) is 0 Å². The van der Waals surface area contributed by atoms with E-state index in [1.165, 1.54) is 14.2 Å². The van der Waals surface area contributed by atoms with Crippen LogP contribution in [0.15, 0.2) is 60.7 Å². The number of hydrogen-bond acceptors (Lipinski definition) is 7. The lowest BCUT2D eigenvalue weighted by Crippen LogP contribution is -2.44. The van der Waals surface area contributed by atoms with Gasteiger partial charge in [0.1, 0.15) is 17.9 Å². The summed E-state index contributed by atoms with van der Waals surface area (Å²) in [5.74, 6) is -0.539. The van der Waals surface area contributed by atoms with Crippen molar-refractivity contribution in [3.05, 3.63) is 71.8 Å². The number of carbonyl (C=O) groups is 2. The summed E-state index contributed by atoms with van der Waals surface area (Å²) in [5, 5.41) is 2.75. The van der Waals surface area contributed by atoms with Gasteiger partial charge in [0.25, 0.3) is 0 Å². The molecule has 0 aromatic heterocycles. The van der Waals surface area contributed by atoms with E-state index < -0.39 is 43.4 Å². The van der Waals surface area contributed by atoms with Crippen LogP contribution in [0.2, 0.25) is 0 Å². The summed E-state index contributed by atoms with van der Waals surface area (Å²) in [6.07, 6.45) is -2.41. The first kappa shape index (κ1) is 26.7. The number of carbonyl (C=O) groups excluding carboxylic acids is 2. The van der Waals surface area contributed by atoms with Gasteiger partial charge in [-0.05, 0) is 31.9 Å². The normalized spacial score (nSPS) is 13.7. The Morgan fingerprint density at radius 1 is 0.939 bits per heavy atom. The SMILES string of the molecule is COP(=O)(CC(=O)[C@H](OCc1ccccc1)[C@@H](NC(=O)OC(C)(C)C)c1ccccc1)OC. The van der Waals surface area contributed by atoms with Crippen LogP contribution < -0.4 is 5.32 Å². The highest BCUT2D eigenvalue weighted by Crippen LogP contribution is 2.46. The summed E-state index contributed by atoms with van der Waals surface area (Å²) in [6, 6.07) is 17.3. The first-order chi connectivity index (χ1) is 15.6. The number of benzene rings is 2. The minimum atomic E-state index is -3.66. The molecule has 0 aliphatic rings. The standard InChI is InChI=1S/C24H32NO7P/c1-24(2,3)32-23(27)25-21(19-14-10-7-11-15-19)22(20(26)17-33(28,29-4)30-5)31-16-18-12-8-6-9-13-18/h6-15,21-22H,16-17H2,1-5H3,(H,25,27)/t21-,22-/m0/s1. The van der Waals surface area contributed by atoms with Gasteiger partial charge in [-0.25, -0.2) is 4.79 Å². The first-order valence-corrected chi connectivity index (χ1v) is 12.2. The molecule has 0 unspecified atom stereocenters. The van der Waals surface area contributed by atoms with Gasteiger partial charge in [-0.1, -0.05) is 60.7 Å². The van der Waals surface area contributed by atoms with Gasteiger partial charge in [-0.15, -0.1) is 0 Å². The van der Waals surface area contributed by atoms with Crippen molar-refractivity contribution in [2.24, 2.45) is 0 Å². The summed E-state index contributed by atoms with van der Waals surface area (Å²) in [4.78, 5) is 26.0. The maximum Gasteiger partial charge on any atom is 0.408 e. The largest absolute Gasteiger partial charge is 0.444 e. The fourth-order valence-corrected chi connectivity index (χ4v) is 4.02. The van der Waals surface area contributed by atoms with E-state index in [0.717, 1.165) is 5.56 Å². The number of hydrogen-bond donors (Lipinski definition) is 1. The predicted molar refractivity (Wildman–Crippen MR) is 125 cm³/mol. The second kappa shape index (κ2) is 12.1. The van der Waals surface area contributed by atoms with E-state index in [4.69, 9.17) is 18.5 Å². The third-order valence-corrected chi connectivity index (χ3v) is 6.44. The quantitative estimate of drug-likeness (QED) is 0.460. The summed E-state index contributed by atoms with van der Waals surface area (Å²) in [6.45, 7) is 5.32. The number of ether oxygens (including phenoxy) is 2. The van der Waals surface area contributed by atoms with Gasteiger partial charge < -0.3 is 23.8 Å². The molecule has 2 rings (SSSR count). The van der Waals surface area contributed by atoms with Crippen LogP contribution in [0.4, 0.5) is 4.79 Å². The van der Waals surface area contributed by atoms with Crippen LogP contribution in [-0.4, -0.2) is 44.0 Å². The summed E-state index contributed by atoms with van der Waals surface area (Å²) in [5.41, 5.74) is 0.720. The molecule has 0 aliphatic heterocycles. The van der Waals surface area contributed by atoms with Crippen molar-refractivity contribution in [2.75, 3.05) is 20.4 Å². The van der Waals surface area contributed by atoms with Gasteiger partial charge in [0.2, 0.25) is 0 Å². The van der Waals surface area contributed by atoms with Gasteiger partial charge >= 0.3 is 13.7 Å². The second-order valence-corrected chi connectivity index (χ2v) is 10.6. The van der Waals surface area contributed by atoms with Crippen molar-refractivity contribution < 1.29 is 32.7 Å². The Bertz CT molecular complexity index is 936. The molecule has 2 atom stereocenters. The highest BCUT2D eigenvalue weighted by atomic mass is 31.2. The third-order valence-electron chi connectivity index (χ3n) is 4.63. The van der Waals surface area contributed by atoms with Crippen LogP contribution >= 0.6 is 7.60 Å². The van der Waals surface area contributed by atoms with E-state index in [0.29, 0.717) is 5.56 Å². The van der Waals surface area contributed by atoms with Crippen molar-refractivity contribution in [1.29, 1.82) is 0 Å². The molecule has 0 aliphatic carbocycles. The van der Waals surface area contributed by atoms with Crippen LogP contribution in [0.5, 0.6) is 0 Å². The maximum atomic E-state index is 13.3. The topological polar surface area (TPSA) is 100 Å². The lowest BCUT2D eigenvalue weighted by molar-refractivity contribution is -0.131. The Kier molecular flexibility index (Phi) is 9.80. The Morgan fingerprint density at radius 3 is 2.00 bits per heavy atom. The lowest BCUT2D eigenvalue weighted by atomic mass is 9.98. The second-order valence-electron chi connectivity index (χ2n) is 8.35. The average Bonchev–Trinajstić information content (AvgIpc) is 2.78. The van der Waals surface area contributed by atoms with Crippen molar-refractivity contribution in [3.63, 3.8) is 0 Å². The molecular formula is C24H32NO7P. The van der Waals surface area contributed by atoms with Gasteiger partial charge in [0, 0.05) is 14.2 Å². The van der Waals surface area contributed by atoms with Crippen molar-refractivity contribution in [2.45, 2.75) is 45.1 Å². The summed E-state index contributed by atoms with van der Waals surface area (Å²) >= 11 is 0. The Morgan fingerprint density at radius 2 is 1.48 bits per heavy atom. The van der Waals surface area contributed by atoms with E-state index in [1.54, 1.807) is 45.0 Å². The molecule has 1 amide bonds. The van der Waals surface area contributed by atoms with E-state index >= 15 is 0 Å². The number of nitrogens with one attached hydrogen (secondary N) is 1. The molecule has 0 heterocycles. The number of amides is 1. The summed E-state index contributed by atoms with van der Waals surface area (Å²) < 4.78 is 34.0. The smallest absolute Gasteiger partial charge is 0.408 e. The summed E-state index contributed by atoms with van der Waals surface area (Å²) in [7, 11) is -1.23. The van der Waals surface area contributed by atoms with Crippen LogP contribution in [0, 0.1) is 0 Å². The van der Waals surface area contributed by atoms with Gasteiger partial charge in [0.05, 0.1) is 12.6 Å². The van der Waals surface area contributed by atoms with Crippen LogP contribution in [0.3, 0.4) is 0 Å². The van der Waals surface area contributed by atoms with Crippen LogP contribution in [-0.2, 0) is 34.5 Å². The molecule has 2 aromatic carbocycles. The minimum Gasteiger partial charge on any atom is -0.444 e. The zero-order valence-corrected chi connectivity index (χ0v) is 20.5. The molecule has 8 nitrogen and oxygen atoms in total. The molecule has 2 aromatic rings. The minimum absolute atomic E-state index is 0.0981. The van der Waals surface area contributed by atoms with Crippen molar-refractivity contribution in [1.82, 2.24) is 5.32 Å². The number of ketones is 1. The highest BCUT2D eigenvalue weighted by molar-refractivity contribution is 7.54. The third kappa shape index (κ3) is 8.74. The average molecular weight is 477 g/mol. The van der Waals surface area contributed by atoms with E-state index in [-0.39, 0.29) is 6.61 Å². The van der Waals surface area contributed by atoms with Crippen LogP contribution in [0.25, 0.3) is 0 Å². The zero-order chi connectivity index (χ0) is 24.5. The molecule has 0 bridgehead atoms. The van der Waals surface area contributed by atoms with Crippen molar-refractivity contribution in [3.8, 4) is 0 Å². The first-order valence-electron chi connectivity index (χ1n) is 10.5. The molecule has 0 saturated heterocycles. The molecule has 9 heteroatoms. The Labute approximate surface area is 195 Å². The van der Waals surface area contributed by atoms with Gasteiger partial charge in [-0.3, -0.25) is 9.36 Å². The molecule has 0 saturated carbocycles. The van der Waals surface area contributed by atoms with Crippen LogP contribution in [0.1, 0.15) is 37.9 Å². The monoisotopic (exact) mass is 477 g/mol. The molecule has 1 N–H and O–H groups in total. The fourth-order valence-electron chi connectivity index (χ4n) is 3.05. The van der Waals surface area contributed by atoms with E-state index in [1.807, 2.05) is 36.4 Å². The molecule has 33 heavy (non-hydrogen) atoms.